The lowest BCUT2D eigenvalue weighted by molar-refractivity contribution is -0.116. The first-order valence-corrected chi connectivity index (χ1v) is 2.04. The number of allylic oxidation sites excluding steroid dienone is 2. The van der Waals surface area contributed by atoms with Crippen LogP contribution >= 0.6 is 0 Å². The van der Waals surface area contributed by atoms with Gasteiger partial charge in [0.1, 0.15) is 6.29 Å². The molecule has 0 fully saturated rings. The van der Waals surface area contributed by atoms with Crippen LogP contribution in [0, 0.1) is 0 Å². The Morgan fingerprint density at radius 2 is 2.12 bits per heavy atom. The van der Waals surface area contributed by atoms with E-state index in [9.17, 15) is 9.59 Å². The van der Waals surface area contributed by atoms with Crippen LogP contribution in [-0.4, -0.2) is 17.2 Å². The predicted molar refractivity (Wildman–Crippen MR) is 27.5 cm³/mol. The molecule has 0 heterocycles. The van der Waals surface area contributed by atoms with E-state index < -0.39 is 11.5 Å². The van der Waals surface area contributed by atoms with Crippen molar-refractivity contribution < 1.29 is 14.7 Å². The predicted octanol–water partition coefficient (Wildman–Crippen LogP) is 0.216. The number of Topliss-reactive ketones (excluding diaryl/α,β-unsaturated/α-hetero) is 1. The molecule has 0 atom stereocenters. The van der Waals surface area contributed by atoms with Crippen molar-refractivity contribution in [2.24, 2.45) is 0 Å². The molecule has 0 spiro atoms. The maximum Gasteiger partial charge on any atom is 0.194 e. The fourth-order valence-corrected chi connectivity index (χ4v) is 0.182. The number of hydrogen-bond donors (Lipinski definition) is 1. The Kier molecular flexibility index (Phi) is 2.54. The second-order valence-corrected chi connectivity index (χ2v) is 1.24. The van der Waals surface area contributed by atoms with E-state index in [0.717, 1.165) is 6.08 Å². The zero-order valence-corrected chi connectivity index (χ0v) is 4.42. The summed E-state index contributed by atoms with van der Waals surface area (Å²) >= 11 is 0. The Bertz CT molecular complexity index is 135. The molecular formula is C5H6O3. The largest absolute Gasteiger partial charge is 0.504 e. The van der Waals surface area contributed by atoms with Crippen LogP contribution in [-0.2, 0) is 9.59 Å². The smallest absolute Gasteiger partial charge is 0.194 e. The Morgan fingerprint density at radius 1 is 1.62 bits per heavy atom. The van der Waals surface area contributed by atoms with E-state index in [0.29, 0.717) is 6.29 Å². The molecule has 3 nitrogen and oxygen atoms in total. The molecule has 0 amide bonds. The molecule has 0 bridgehead atoms. The molecule has 0 aromatic heterocycles. The zero-order valence-electron chi connectivity index (χ0n) is 4.42. The van der Waals surface area contributed by atoms with Crippen LogP contribution in [0.5, 0.6) is 0 Å². The van der Waals surface area contributed by atoms with Gasteiger partial charge in [0.05, 0.1) is 0 Å². The summed E-state index contributed by atoms with van der Waals surface area (Å²) < 4.78 is 0. The number of ketones is 1. The quantitative estimate of drug-likeness (QED) is 0.317. The third-order valence-electron chi connectivity index (χ3n) is 0.587. The van der Waals surface area contributed by atoms with Gasteiger partial charge in [0, 0.05) is 13.0 Å². The van der Waals surface area contributed by atoms with E-state index in [4.69, 9.17) is 5.11 Å². The van der Waals surface area contributed by atoms with Crippen LogP contribution in [0.4, 0.5) is 0 Å². The molecule has 1 N–H and O–H groups in total. The van der Waals surface area contributed by atoms with Gasteiger partial charge in [-0.1, -0.05) is 0 Å². The van der Waals surface area contributed by atoms with Crippen molar-refractivity contribution in [3.63, 3.8) is 0 Å². The number of carbonyl (C=O) groups is 2. The minimum absolute atomic E-state index is 0.358. The first-order chi connectivity index (χ1) is 3.68. The van der Waals surface area contributed by atoms with Crippen LogP contribution in [0.25, 0.3) is 0 Å². The topological polar surface area (TPSA) is 54.4 Å². The van der Waals surface area contributed by atoms with E-state index in [1.807, 2.05) is 0 Å². The van der Waals surface area contributed by atoms with Crippen molar-refractivity contribution in [2.75, 3.05) is 0 Å². The maximum atomic E-state index is 10.1. The van der Waals surface area contributed by atoms with Gasteiger partial charge < -0.3 is 5.11 Å². The molecule has 0 aliphatic rings. The number of carbonyl (C=O) groups excluding carboxylic acids is 2. The molecule has 3 heteroatoms. The highest BCUT2D eigenvalue weighted by Crippen LogP contribution is 1.84. The molecular weight excluding hydrogens is 108 g/mol. The lowest BCUT2D eigenvalue weighted by Crippen LogP contribution is -1.93. The summed E-state index contributed by atoms with van der Waals surface area (Å²) in [5, 5.41) is 8.41. The Labute approximate surface area is 46.6 Å². The van der Waals surface area contributed by atoms with Crippen LogP contribution in [0.1, 0.15) is 6.92 Å². The lowest BCUT2D eigenvalue weighted by Gasteiger charge is -1.84. The van der Waals surface area contributed by atoms with Crippen LogP contribution < -0.4 is 0 Å². The van der Waals surface area contributed by atoms with E-state index >= 15 is 0 Å². The molecule has 0 aliphatic carbocycles. The van der Waals surface area contributed by atoms with Crippen LogP contribution in [0.2, 0.25) is 0 Å². The summed E-state index contributed by atoms with van der Waals surface area (Å²) in [5.74, 6) is -1.00. The minimum Gasteiger partial charge on any atom is -0.504 e. The summed E-state index contributed by atoms with van der Waals surface area (Å²) in [4.78, 5) is 19.6. The molecule has 44 valence electrons. The summed E-state index contributed by atoms with van der Waals surface area (Å²) in [7, 11) is 0. The van der Waals surface area contributed by atoms with Crippen LogP contribution in [0.3, 0.4) is 0 Å². The van der Waals surface area contributed by atoms with E-state index in [-0.39, 0.29) is 0 Å². The Hall–Kier alpha value is -1.12. The summed E-state index contributed by atoms with van der Waals surface area (Å²) in [6.07, 6.45) is 1.17. The first kappa shape index (κ1) is 6.88. The van der Waals surface area contributed by atoms with E-state index in [1.54, 1.807) is 0 Å². The second-order valence-electron chi connectivity index (χ2n) is 1.24. The average molecular weight is 114 g/mol. The average Bonchev–Trinajstić information content (AvgIpc) is 1.67. The van der Waals surface area contributed by atoms with Crippen LogP contribution in [0.15, 0.2) is 11.8 Å². The molecule has 0 radical (unpaired) electrons. The van der Waals surface area contributed by atoms with Crippen molar-refractivity contribution in [3.05, 3.63) is 11.8 Å². The van der Waals surface area contributed by atoms with Gasteiger partial charge in [-0.25, -0.2) is 0 Å². The number of hydrogen-bond acceptors (Lipinski definition) is 3. The van der Waals surface area contributed by atoms with E-state index in [1.165, 1.54) is 6.92 Å². The van der Waals surface area contributed by atoms with Gasteiger partial charge in [-0.05, 0) is 0 Å². The standard InChI is InChI=1S/C5H6O3/c1-4(7)5(8)2-3-6/h2-3,8H,1H3. The third kappa shape index (κ3) is 2.12. The minimum atomic E-state index is -0.503. The van der Waals surface area contributed by atoms with Gasteiger partial charge in [-0.2, -0.15) is 0 Å². The monoisotopic (exact) mass is 114 g/mol. The molecule has 0 aromatic rings. The van der Waals surface area contributed by atoms with Crippen molar-refractivity contribution in [2.45, 2.75) is 6.92 Å². The molecule has 0 rings (SSSR count). The molecule has 8 heavy (non-hydrogen) atoms. The first-order valence-electron chi connectivity index (χ1n) is 2.04. The highest BCUT2D eigenvalue weighted by atomic mass is 16.3. The Balaban J connectivity index is 3.99. The summed E-state index contributed by atoms with van der Waals surface area (Å²) in [6, 6.07) is 0. The normalized spacial score (nSPS) is 10.9. The van der Waals surface area contributed by atoms with Gasteiger partial charge in [0.15, 0.2) is 11.5 Å². The molecule has 0 unspecified atom stereocenters. The van der Waals surface area contributed by atoms with Crippen molar-refractivity contribution >= 4 is 12.1 Å². The number of aldehydes is 1. The second kappa shape index (κ2) is 2.96. The molecule has 0 aliphatic heterocycles. The van der Waals surface area contributed by atoms with Gasteiger partial charge in [-0.3, -0.25) is 9.59 Å². The molecule has 0 saturated carbocycles. The zero-order chi connectivity index (χ0) is 6.57. The number of rotatable bonds is 2. The number of aliphatic hydroxyl groups excluding tert-OH is 1. The summed E-state index contributed by atoms with van der Waals surface area (Å²) in [5.41, 5.74) is 0. The molecule has 0 saturated heterocycles. The van der Waals surface area contributed by atoms with Crippen molar-refractivity contribution in [1.29, 1.82) is 0 Å². The fraction of sp³-hybridized carbons (Fsp3) is 0.200. The number of aliphatic hydroxyl groups is 1. The molecule has 0 aromatic carbocycles. The van der Waals surface area contributed by atoms with Gasteiger partial charge >= 0.3 is 0 Å². The van der Waals surface area contributed by atoms with Crippen molar-refractivity contribution in [1.82, 2.24) is 0 Å². The highest BCUT2D eigenvalue weighted by Gasteiger charge is 1.95. The van der Waals surface area contributed by atoms with Crippen molar-refractivity contribution in [3.8, 4) is 0 Å². The van der Waals surface area contributed by atoms with E-state index in [2.05, 4.69) is 0 Å². The maximum absolute atomic E-state index is 10.1. The summed E-state index contributed by atoms with van der Waals surface area (Å²) in [6.45, 7) is 1.18. The highest BCUT2D eigenvalue weighted by molar-refractivity contribution is 5.93. The fourth-order valence-electron chi connectivity index (χ4n) is 0.182. The van der Waals surface area contributed by atoms with Gasteiger partial charge in [-0.15, -0.1) is 0 Å². The Morgan fingerprint density at radius 3 is 2.25 bits per heavy atom. The SMILES string of the molecule is CC(=O)C(O)=CC=O. The third-order valence-corrected chi connectivity index (χ3v) is 0.587. The van der Waals surface area contributed by atoms with Gasteiger partial charge in [0.2, 0.25) is 0 Å². The lowest BCUT2D eigenvalue weighted by atomic mass is 10.3. The van der Waals surface area contributed by atoms with Gasteiger partial charge in [0.25, 0.3) is 0 Å².